The number of halogens is 1. The zero-order chi connectivity index (χ0) is 13.5. The third-order valence-corrected chi connectivity index (χ3v) is 2.45. The van der Waals surface area contributed by atoms with Gasteiger partial charge in [0, 0.05) is 18.0 Å². The van der Waals surface area contributed by atoms with Crippen molar-refractivity contribution in [1.82, 2.24) is 5.32 Å². The maximum atomic E-state index is 13.0. The number of carbonyl (C=O) groups excluding carboxylic acids is 1. The number of hydrogen-bond acceptors (Lipinski definition) is 3. The molecule has 0 bridgehead atoms. The molecule has 0 radical (unpaired) electrons. The van der Waals surface area contributed by atoms with Crippen LogP contribution in [0.25, 0.3) is 10.4 Å². The molecule has 0 aliphatic heterocycles. The Kier molecular flexibility index (Phi) is 5.10. The number of amides is 1. The van der Waals surface area contributed by atoms with Crippen molar-refractivity contribution in [1.29, 1.82) is 0 Å². The number of nitrogens with two attached hydrogens (primary N) is 1. The predicted molar refractivity (Wildman–Crippen MR) is 65.1 cm³/mol. The van der Waals surface area contributed by atoms with Crippen LogP contribution in [0.5, 0.6) is 0 Å². The molecule has 96 valence electrons. The van der Waals surface area contributed by atoms with Gasteiger partial charge in [-0.1, -0.05) is 11.2 Å². The monoisotopic (exact) mass is 251 g/mol. The van der Waals surface area contributed by atoms with Crippen LogP contribution in [0.2, 0.25) is 0 Å². The highest BCUT2D eigenvalue weighted by molar-refractivity contribution is 5.81. The van der Waals surface area contributed by atoms with Gasteiger partial charge in [-0.2, -0.15) is 0 Å². The van der Waals surface area contributed by atoms with Gasteiger partial charge in [0.2, 0.25) is 5.91 Å². The smallest absolute Gasteiger partial charge is 0.239 e. The van der Waals surface area contributed by atoms with Gasteiger partial charge in [-0.15, -0.1) is 0 Å². The lowest BCUT2D eigenvalue weighted by Gasteiger charge is -2.17. The highest BCUT2D eigenvalue weighted by Gasteiger charge is 2.18. The molecule has 1 unspecified atom stereocenters. The van der Waals surface area contributed by atoms with Crippen molar-refractivity contribution in [2.75, 3.05) is 13.1 Å². The average Bonchev–Trinajstić information content (AvgIpc) is 2.30. The molecule has 0 spiro atoms. The minimum absolute atomic E-state index is 0.209. The van der Waals surface area contributed by atoms with Crippen LogP contribution in [0.3, 0.4) is 0 Å². The Morgan fingerprint density at radius 3 is 2.94 bits per heavy atom. The molecule has 3 N–H and O–H groups in total. The molecule has 1 amide bonds. The van der Waals surface area contributed by atoms with Crippen molar-refractivity contribution in [3.05, 3.63) is 45.6 Å². The lowest BCUT2D eigenvalue weighted by Crippen LogP contribution is -2.35. The average molecular weight is 251 g/mol. The number of primary amides is 1. The van der Waals surface area contributed by atoms with Crippen molar-refractivity contribution >= 4 is 5.91 Å². The van der Waals surface area contributed by atoms with E-state index < -0.39 is 11.9 Å². The third-order valence-electron chi connectivity index (χ3n) is 2.45. The molecule has 0 aliphatic carbocycles. The van der Waals surface area contributed by atoms with Crippen LogP contribution in [0, 0.1) is 12.7 Å². The molecule has 18 heavy (non-hydrogen) atoms. The molecule has 6 nitrogen and oxygen atoms in total. The number of aryl methyl sites for hydroxylation is 1. The van der Waals surface area contributed by atoms with Crippen molar-refractivity contribution < 1.29 is 9.18 Å². The Morgan fingerprint density at radius 2 is 2.39 bits per heavy atom. The van der Waals surface area contributed by atoms with Crippen molar-refractivity contribution in [2.24, 2.45) is 10.8 Å². The highest BCUT2D eigenvalue weighted by atomic mass is 19.1. The van der Waals surface area contributed by atoms with Gasteiger partial charge < -0.3 is 11.1 Å². The van der Waals surface area contributed by atoms with Gasteiger partial charge in [-0.05, 0) is 35.7 Å². The molecule has 0 fully saturated rings. The standard InChI is InChI=1S/C11H14FN5O/c1-7-6-8(12)2-3-9(7)10(11(13)18)15-4-5-16-17-14/h2-3,6,10,15H,4-5H2,1H3,(H2,13,18). The minimum Gasteiger partial charge on any atom is -0.368 e. The molecular weight excluding hydrogens is 237 g/mol. The Hall–Kier alpha value is -2.11. The number of hydrogen-bond donors (Lipinski definition) is 2. The highest BCUT2D eigenvalue weighted by Crippen LogP contribution is 2.18. The molecule has 0 saturated heterocycles. The first kappa shape index (κ1) is 14.0. The summed E-state index contributed by atoms with van der Waals surface area (Å²) >= 11 is 0. The summed E-state index contributed by atoms with van der Waals surface area (Å²) in [6.45, 7) is 2.22. The number of nitrogens with one attached hydrogen (secondary N) is 1. The van der Waals surface area contributed by atoms with E-state index in [-0.39, 0.29) is 12.4 Å². The van der Waals surface area contributed by atoms with Crippen LogP contribution >= 0.6 is 0 Å². The Morgan fingerprint density at radius 1 is 1.67 bits per heavy atom. The van der Waals surface area contributed by atoms with Gasteiger partial charge in [0.15, 0.2) is 0 Å². The Bertz CT molecular complexity index is 484. The fourth-order valence-electron chi connectivity index (χ4n) is 1.63. The van der Waals surface area contributed by atoms with E-state index >= 15 is 0 Å². The van der Waals surface area contributed by atoms with Gasteiger partial charge in [-0.25, -0.2) is 4.39 Å². The summed E-state index contributed by atoms with van der Waals surface area (Å²) in [5, 5.41) is 6.21. The molecule has 0 heterocycles. The van der Waals surface area contributed by atoms with Crippen molar-refractivity contribution in [3.63, 3.8) is 0 Å². The molecule has 7 heteroatoms. The van der Waals surface area contributed by atoms with Crippen molar-refractivity contribution in [3.8, 4) is 0 Å². The van der Waals surface area contributed by atoms with Crippen molar-refractivity contribution in [2.45, 2.75) is 13.0 Å². The molecule has 1 aromatic carbocycles. The second-order valence-electron chi connectivity index (χ2n) is 3.74. The zero-order valence-corrected chi connectivity index (χ0v) is 9.93. The Labute approximate surface area is 104 Å². The SMILES string of the molecule is Cc1cc(F)ccc1C(NCCN=[N+]=[N-])C(N)=O. The van der Waals surface area contributed by atoms with E-state index in [2.05, 4.69) is 15.3 Å². The second kappa shape index (κ2) is 6.58. The molecule has 0 aromatic heterocycles. The first-order valence-corrected chi connectivity index (χ1v) is 5.36. The topological polar surface area (TPSA) is 104 Å². The second-order valence-corrected chi connectivity index (χ2v) is 3.74. The summed E-state index contributed by atoms with van der Waals surface area (Å²) in [4.78, 5) is 14.0. The molecular formula is C11H14FN5O. The molecule has 0 aliphatic rings. The molecule has 0 saturated carbocycles. The van der Waals surface area contributed by atoms with E-state index in [9.17, 15) is 9.18 Å². The Balaban J connectivity index is 2.84. The van der Waals surface area contributed by atoms with E-state index in [0.29, 0.717) is 17.7 Å². The number of nitrogens with zero attached hydrogens (tertiary/aromatic N) is 3. The largest absolute Gasteiger partial charge is 0.368 e. The van der Waals surface area contributed by atoms with Crippen LogP contribution in [0.15, 0.2) is 23.3 Å². The number of azide groups is 1. The van der Waals surface area contributed by atoms with E-state index in [1.54, 1.807) is 6.92 Å². The van der Waals surface area contributed by atoms with E-state index in [4.69, 9.17) is 11.3 Å². The molecule has 1 aromatic rings. The third kappa shape index (κ3) is 3.73. The fourth-order valence-corrected chi connectivity index (χ4v) is 1.63. The molecule has 1 atom stereocenters. The van der Waals surface area contributed by atoms with E-state index in [0.717, 1.165) is 0 Å². The lowest BCUT2D eigenvalue weighted by molar-refractivity contribution is -0.120. The lowest BCUT2D eigenvalue weighted by atomic mass is 10.0. The number of carbonyl (C=O) groups is 1. The summed E-state index contributed by atoms with van der Waals surface area (Å²) < 4.78 is 13.0. The molecule has 1 rings (SSSR count). The number of benzene rings is 1. The predicted octanol–water partition coefficient (Wildman–Crippen LogP) is 1.56. The van der Waals surface area contributed by atoms with Crippen LogP contribution in [-0.4, -0.2) is 19.0 Å². The summed E-state index contributed by atoms with van der Waals surface area (Å²) in [5.41, 5.74) is 14.7. The fraction of sp³-hybridized carbons (Fsp3) is 0.364. The van der Waals surface area contributed by atoms with Crippen LogP contribution in [0.4, 0.5) is 4.39 Å². The summed E-state index contributed by atoms with van der Waals surface area (Å²) in [7, 11) is 0. The normalized spacial score (nSPS) is 11.7. The summed E-state index contributed by atoms with van der Waals surface area (Å²) in [5.74, 6) is -0.931. The quantitative estimate of drug-likeness (QED) is 0.346. The van der Waals surface area contributed by atoms with Gasteiger partial charge in [0.05, 0.1) is 0 Å². The summed E-state index contributed by atoms with van der Waals surface area (Å²) in [6, 6.07) is 3.40. The zero-order valence-electron chi connectivity index (χ0n) is 9.93. The van der Waals surface area contributed by atoms with Gasteiger partial charge >= 0.3 is 0 Å². The maximum Gasteiger partial charge on any atom is 0.239 e. The van der Waals surface area contributed by atoms with Crippen LogP contribution < -0.4 is 11.1 Å². The van der Waals surface area contributed by atoms with Gasteiger partial charge in [-0.3, -0.25) is 4.79 Å². The van der Waals surface area contributed by atoms with E-state index in [1.165, 1.54) is 18.2 Å². The first-order valence-electron chi connectivity index (χ1n) is 5.36. The minimum atomic E-state index is -0.723. The maximum absolute atomic E-state index is 13.0. The first-order chi connectivity index (χ1) is 8.56. The van der Waals surface area contributed by atoms with Gasteiger partial charge in [0.1, 0.15) is 11.9 Å². The van der Waals surface area contributed by atoms with Crippen LogP contribution in [-0.2, 0) is 4.79 Å². The van der Waals surface area contributed by atoms with E-state index in [1.807, 2.05) is 0 Å². The number of rotatable bonds is 6. The van der Waals surface area contributed by atoms with Gasteiger partial charge in [0.25, 0.3) is 0 Å². The van der Waals surface area contributed by atoms with Crippen LogP contribution in [0.1, 0.15) is 17.2 Å². The summed E-state index contributed by atoms with van der Waals surface area (Å²) in [6.07, 6.45) is 0.